The van der Waals surface area contributed by atoms with Crippen molar-refractivity contribution in [3.63, 3.8) is 0 Å². The van der Waals surface area contributed by atoms with Gasteiger partial charge in [0, 0.05) is 31.7 Å². The highest BCUT2D eigenvalue weighted by molar-refractivity contribution is 5.78. The molecule has 7 heteroatoms. The smallest absolute Gasteiger partial charge is 0.225 e. The molecule has 0 saturated heterocycles. The van der Waals surface area contributed by atoms with Gasteiger partial charge in [-0.2, -0.15) is 4.98 Å². The number of benzene rings is 2. The van der Waals surface area contributed by atoms with Crippen molar-refractivity contribution in [2.45, 2.75) is 69.9 Å². The molecular formula is C30H37N5O2. The van der Waals surface area contributed by atoms with Crippen molar-refractivity contribution in [2.24, 2.45) is 0 Å². The number of para-hydroxylation sites is 1. The van der Waals surface area contributed by atoms with E-state index in [4.69, 9.17) is 14.7 Å². The van der Waals surface area contributed by atoms with Crippen molar-refractivity contribution in [1.82, 2.24) is 15.3 Å². The lowest BCUT2D eigenvalue weighted by Crippen LogP contribution is -2.41. The van der Waals surface area contributed by atoms with E-state index in [9.17, 15) is 4.79 Å². The maximum atomic E-state index is 12.7. The molecule has 1 saturated carbocycles. The number of aromatic nitrogens is 2. The van der Waals surface area contributed by atoms with Crippen LogP contribution in [0.25, 0.3) is 0 Å². The van der Waals surface area contributed by atoms with Crippen LogP contribution in [-0.4, -0.2) is 42.1 Å². The highest BCUT2D eigenvalue weighted by atomic mass is 16.5. The van der Waals surface area contributed by atoms with Gasteiger partial charge in [0.2, 0.25) is 11.9 Å². The van der Waals surface area contributed by atoms with Gasteiger partial charge in [0.05, 0.1) is 12.1 Å². The van der Waals surface area contributed by atoms with Gasteiger partial charge in [0.1, 0.15) is 17.3 Å². The number of fused-ring (bicyclic) bond motifs is 1. The molecule has 1 aromatic heterocycles. The highest BCUT2D eigenvalue weighted by Gasteiger charge is 2.25. The molecule has 0 spiro atoms. The normalized spacial score (nSPS) is 19.0. The molecule has 0 atom stereocenters. The Bertz CT molecular complexity index is 1190. The van der Waals surface area contributed by atoms with Crippen molar-refractivity contribution in [3.8, 4) is 11.5 Å². The Kier molecular flexibility index (Phi) is 7.87. The van der Waals surface area contributed by atoms with Crippen LogP contribution in [0.1, 0.15) is 55.3 Å². The SMILES string of the molecule is CN(C)c1nc(NC2CCC(NC(=O)Cc3ccc(Oc4ccccc4)cc3)CC2)nc2c1CCCC2. The molecule has 2 aliphatic rings. The summed E-state index contributed by atoms with van der Waals surface area (Å²) < 4.78 is 5.84. The summed E-state index contributed by atoms with van der Waals surface area (Å²) in [5.41, 5.74) is 3.49. The third-order valence-electron chi connectivity index (χ3n) is 7.28. The number of hydrogen-bond acceptors (Lipinski definition) is 6. The maximum Gasteiger partial charge on any atom is 0.225 e. The van der Waals surface area contributed by atoms with Crippen LogP contribution < -0.4 is 20.3 Å². The number of nitrogens with zero attached hydrogens (tertiary/aromatic N) is 3. The standard InChI is InChI=1S/C30H37N5O2/c1-35(2)29-26-10-6-7-11-27(26)33-30(34-29)32-23-16-14-22(15-17-23)31-28(36)20-21-12-18-25(19-13-21)37-24-8-4-3-5-9-24/h3-5,8-9,12-13,18-19,22-23H,6-7,10-11,14-17,20H2,1-2H3,(H,31,36)(H,32,33,34). The molecule has 1 fully saturated rings. The van der Waals surface area contributed by atoms with Crippen LogP contribution in [0.4, 0.5) is 11.8 Å². The van der Waals surface area contributed by atoms with E-state index in [0.29, 0.717) is 12.5 Å². The Hall–Kier alpha value is -3.61. The van der Waals surface area contributed by atoms with Crippen molar-refractivity contribution in [3.05, 3.63) is 71.4 Å². The first-order chi connectivity index (χ1) is 18.0. The number of nitrogens with one attached hydrogen (secondary N) is 2. The molecule has 0 radical (unpaired) electrons. The van der Waals surface area contributed by atoms with Crippen molar-refractivity contribution in [2.75, 3.05) is 24.3 Å². The van der Waals surface area contributed by atoms with E-state index < -0.39 is 0 Å². The van der Waals surface area contributed by atoms with E-state index in [-0.39, 0.29) is 11.9 Å². The van der Waals surface area contributed by atoms with Gasteiger partial charge in [0.15, 0.2) is 0 Å². The molecule has 194 valence electrons. The third-order valence-corrected chi connectivity index (χ3v) is 7.28. The van der Waals surface area contributed by atoms with Gasteiger partial charge in [-0.3, -0.25) is 4.79 Å². The zero-order valence-corrected chi connectivity index (χ0v) is 21.9. The van der Waals surface area contributed by atoms with Gasteiger partial charge >= 0.3 is 0 Å². The summed E-state index contributed by atoms with van der Waals surface area (Å²) >= 11 is 0. The van der Waals surface area contributed by atoms with Crippen LogP contribution in [-0.2, 0) is 24.1 Å². The maximum absolute atomic E-state index is 12.7. The second-order valence-corrected chi connectivity index (χ2v) is 10.4. The number of carbonyl (C=O) groups is 1. The van der Waals surface area contributed by atoms with Gasteiger partial charge in [0.25, 0.3) is 0 Å². The molecule has 0 bridgehead atoms. The summed E-state index contributed by atoms with van der Waals surface area (Å²) in [6.45, 7) is 0. The predicted octanol–water partition coefficient (Wildman–Crippen LogP) is 5.30. The van der Waals surface area contributed by atoms with Gasteiger partial charge in [-0.05, 0) is 81.2 Å². The summed E-state index contributed by atoms with van der Waals surface area (Å²) in [6.07, 6.45) is 8.80. The zero-order valence-electron chi connectivity index (χ0n) is 21.9. The molecule has 2 N–H and O–H groups in total. The van der Waals surface area contributed by atoms with Crippen LogP contribution in [0.15, 0.2) is 54.6 Å². The Morgan fingerprint density at radius 1 is 0.892 bits per heavy atom. The summed E-state index contributed by atoms with van der Waals surface area (Å²) in [5.74, 6) is 3.43. The van der Waals surface area contributed by atoms with Crippen molar-refractivity contribution < 1.29 is 9.53 Å². The Balaban J connectivity index is 1.09. The summed E-state index contributed by atoms with van der Waals surface area (Å²) in [5, 5.41) is 6.82. The predicted molar refractivity (Wildman–Crippen MR) is 147 cm³/mol. The monoisotopic (exact) mass is 499 g/mol. The van der Waals surface area contributed by atoms with E-state index in [1.54, 1.807) is 0 Å². The van der Waals surface area contributed by atoms with E-state index in [0.717, 1.165) is 67.4 Å². The Morgan fingerprint density at radius 2 is 1.57 bits per heavy atom. The molecule has 2 aliphatic carbocycles. The van der Waals surface area contributed by atoms with E-state index >= 15 is 0 Å². The molecule has 2 aromatic carbocycles. The van der Waals surface area contributed by atoms with Crippen LogP contribution >= 0.6 is 0 Å². The van der Waals surface area contributed by atoms with Crippen LogP contribution in [0.5, 0.6) is 11.5 Å². The molecule has 37 heavy (non-hydrogen) atoms. The molecule has 7 nitrogen and oxygen atoms in total. The molecule has 5 rings (SSSR count). The van der Waals surface area contributed by atoms with Crippen LogP contribution in [0.2, 0.25) is 0 Å². The average molecular weight is 500 g/mol. The third kappa shape index (κ3) is 6.59. The lowest BCUT2D eigenvalue weighted by molar-refractivity contribution is -0.121. The first-order valence-electron chi connectivity index (χ1n) is 13.5. The van der Waals surface area contributed by atoms with E-state index in [1.807, 2.05) is 54.6 Å². The number of hydrogen-bond donors (Lipinski definition) is 2. The lowest BCUT2D eigenvalue weighted by atomic mass is 9.91. The van der Waals surface area contributed by atoms with Crippen LogP contribution in [0.3, 0.4) is 0 Å². The summed E-state index contributed by atoms with van der Waals surface area (Å²) in [6, 6.07) is 18.0. The minimum atomic E-state index is 0.0711. The zero-order chi connectivity index (χ0) is 25.6. The average Bonchev–Trinajstić information content (AvgIpc) is 2.91. The fourth-order valence-corrected chi connectivity index (χ4v) is 5.34. The first kappa shape index (κ1) is 25.1. The Labute approximate surface area is 219 Å². The van der Waals surface area contributed by atoms with Gasteiger partial charge in [-0.15, -0.1) is 0 Å². The quantitative estimate of drug-likeness (QED) is 0.438. The molecule has 0 unspecified atom stereocenters. The summed E-state index contributed by atoms with van der Waals surface area (Å²) in [7, 11) is 4.11. The fraction of sp³-hybridized carbons (Fsp3) is 0.433. The minimum absolute atomic E-state index is 0.0711. The van der Waals surface area contributed by atoms with Gasteiger partial charge < -0.3 is 20.3 Å². The Morgan fingerprint density at radius 3 is 2.30 bits per heavy atom. The van der Waals surface area contributed by atoms with E-state index in [2.05, 4.69) is 29.6 Å². The topological polar surface area (TPSA) is 79.4 Å². The number of aryl methyl sites for hydroxylation is 1. The van der Waals surface area contributed by atoms with Gasteiger partial charge in [-0.25, -0.2) is 4.98 Å². The van der Waals surface area contributed by atoms with Gasteiger partial charge in [-0.1, -0.05) is 30.3 Å². The second kappa shape index (κ2) is 11.6. The number of carbonyl (C=O) groups excluding carboxylic acids is 1. The fourth-order valence-electron chi connectivity index (χ4n) is 5.34. The number of anilines is 2. The minimum Gasteiger partial charge on any atom is -0.457 e. The lowest BCUT2D eigenvalue weighted by Gasteiger charge is -2.30. The molecule has 0 aliphatic heterocycles. The first-order valence-corrected chi connectivity index (χ1v) is 13.5. The van der Waals surface area contributed by atoms with Crippen LogP contribution in [0, 0.1) is 0 Å². The second-order valence-electron chi connectivity index (χ2n) is 10.4. The van der Waals surface area contributed by atoms with Crippen molar-refractivity contribution in [1.29, 1.82) is 0 Å². The number of ether oxygens (including phenoxy) is 1. The molecule has 1 heterocycles. The highest BCUT2D eigenvalue weighted by Crippen LogP contribution is 2.29. The summed E-state index contributed by atoms with van der Waals surface area (Å²) in [4.78, 5) is 24.5. The number of amides is 1. The number of rotatable bonds is 8. The molecule has 1 amide bonds. The largest absolute Gasteiger partial charge is 0.457 e. The van der Waals surface area contributed by atoms with Crippen molar-refractivity contribution >= 4 is 17.7 Å². The van der Waals surface area contributed by atoms with E-state index in [1.165, 1.54) is 24.1 Å². The molecular weight excluding hydrogens is 462 g/mol. The molecule has 3 aromatic rings.